The summed E-state index contributed by atoms with van der Waals surface area (Å²) in [5, 5.41) is 8.97. The summed E-state index contributed by atoms with van der Waals surface area (Å²) in [5.74, 6) is -0.374. The summed E-state index contributed by atoms with van der Waals surface area (Å²) in [7, 11) is -0.526. The van der Waals surface area contributed by atoms with Gasteiger partial charge in [-0.1, -0.05) is 0 Å². The third-order valence-electron chi connectivity index (χ3n) is 3.67. The first-order valence-corrected chi connectivity index (χ1v) is 8.12. The third-order valence-corrected chi connectivity index (χ3v) is 5.47. The highest BCUT2D eigenvalue weighted by molar-refractivity contribution is 7.89. The minimum absolute atomic E-state index is 0.150. The molecule has 1 saturated heterocycles. The predicted molar refractivity (Wildman–Crippen MR) is 77.7 cm³/mol. The van der Waals surface area contributed by atoms with E-state index in [9.17, 15) is 13.2 Å². The summed E-state index contributed by atoms with van der Waals surface area (Å²) in [6, 6.07) is 3.19. The lowest BCUT2D eigenvalue weighted by Crippen LogP contribution is -2.36. The highest BCUT2D eigenvalue weighted by Crippen LogP contribution is 2.23. The van der Waals surface area contributed by atoms with E-state index in [1.54, 1.807) is 6.07 Å². The Morgan fingerprint density at radius 3 is 2.38 bits per heavy atom. The van der Waals surface area contributed by atoms with Crippen molar-refractivity contribution in [3.8, 4) is 0 Å². The Bertz CT molecular complexity index is 605. The molecule has 1 fully saturated rings. The molecule has 8 heteroatoms. The Kier molecular flexibility index (Phi) is 4.48. The minimum atomic E-state index is -3.47. The quantitative estimate of drug-likeness (QED) is 0.877. The summed E-state index contributed by atoms with van der Waals surface area (Å²) < 4.78 is 25.0. The number of anilines is 1. The zero-order valence-corrected chi connectivity index (χ0v) is 12.9. The number of nitrogens with zero attached hydrogens (tertiary/aromatic N) is 3. The molecule has 2 heterocycles. The number of carboxylic acids is 1. The number of aliphatic carboxylic acids is 1. The molecule has 0 atom stereocenters. The number of hydrogen-bond acceptors (Lipinski definition) is 5. The van der Waals surface area contributed by atoms with Gasteiger partial charge < -0.3 is 10.0 Å². The van der Waals surface area contributed by atoms with E-state index in [0.717, 1.165) is 4.31 Å². The first kappa shape index (κ1) is 15.7. The fraction of sp³-hybridized carbons (Fsp3) is 0.538. The second kappa shape index (κ2) is 5.98. The van der Waals surface area contributed by atoms with Crippen LogP contribution in [-0.2, 0) is 14.8 Å². The molecule has 1 aromatic rings. The number of pyridine rings is 1. The number of piperidine rings is 1. The lowest BCUT2D eigenvalue weighted by Gasteiger charge is -2.31. The first-order valence-electron chi connectivity index (χ1n) is 6.68. The van der Waals surface area contributed by atoms with Gasteiger partial charge in [0.1, 0.15) is 10.7 Å². The van der Waals surface area contributed by atoms with E-state index < -0.39 is 16.0 Å². The number of carbonyl (C=O) groups is 1. The zero-order chi connectivity index (χ0) is 15.6. The van der Waals surface area contributed by atoms with Crippen molar-refractivity contribution in [3.63, 3.8) is 0 Å². The molecule has 1 aliphatic rings. The van der Waals surface area contributed by atoms with Crippen LogP contribution in [0.1, 0.15) is 12.8 Å². The van der Waals surface area contributed by atoms with Crippen molar-refractivity contribution in [2.24, 2.45) is 5.92 Å². The Morgan fingerprint density at radius 1 is 1.33 bits per heavy atom. The molecule has 0 aliphatic carbocycles. The molecule has 1 N–H and O–H groups in total. The van der Waals surface area contributed by atoms with Crippen molar-refractivity contribution in [1.29, 1.82) is 0 Å². The average molecular weight is 313 g/mol. The number of carboxylic acid groups (broad SMARTS) is 1. The van der Waals surface area contributed by atoms with Gasteiger partial charge in [-0.15, -0.1) is 0 Å². The van der Waals surface area contributed by atoms with Crippen LogP contribution in [0.25, 0.3) is 0 Å². The van der Waals surface area contributed by atoms with Gasteiger partial charge in [-0.05, 0) is 25.0 Å². The van der Waals surface area contributed by atoms with Crippen molar-refractivity contribution >= 4 is 21.8 Å². The van der Waals surface area contributed by atoms with Gasteiger partial charge >= 0.3 is 5.97 Å². The van der Waals surface area contributed by atoms with Crippen molar-refractivity contribution in [2.45, 2.75) is 17.7 Å². The number of rotatable bonds is 4. The number of aromatic nitrogens is 1. The molecule has 0 unspecified atom stereocenters. The van der Waals surface area contributed by atoms with Gasteiger partial charge in [0.2, 0.25) is 10.0 Å². The maximum absolute atomic E-state index is 11.9. The Morgan fingerprint density at radius 2 is 1.95 bits per heavy atom. The molecule has 0 aromatic carbocycles. The van der Waals surface area contributed by atoms with E-state index in [4.69, 9.17) is 5.11 Å². The maximum atomic E-state index is 11.9. The van der Waals surface area contributed by atoms with Gasteiger partial charge in [0.25, 0.3) is 0 Å². The molecule has 0 saturated carbocycles. The van der Waals surface area contributed by atoms with Crippen LogP contribution in [0.15, 0.2) is 23.2 Å². The van der Waals surface area contributed by atoms with Crippen LogP contribution >= 0.6 is 0 Å². The monoisotopic (exact) mass is 313 g/mol. The largest absolute Gasteiger partial charge is 0.481 e. The molecule has 116 valence electrons. The summed E-state index contributed by atoms with van der Waals surface area (Å²) in [6.45, 7) is 1.23. The molecule has 7 nitrogen and oxygen atoms in total. The molecule has 1 aliphatic heterocycles. The fourth-order valence-electron chi connectivity index (χ4n) is 2.28. The standard InChI is InChI=1S/C13H19N3O4S/c1-15(2)21(19,20)11-3-4-12(14-9-11)16-7-5-10(6-8-16)13(17)18/h3-4,9-10H,5-8H2,1-2H3,(H,17,18). The van der Waals surface area contributed by atoms with Gasteiger partial charge in [-0.25, -0.2) is 17.7 Å². The molecule has 0 spiro atoms. The molecule has 21 heavy (non-hydrogen) atoms. The lowest BCUT2D eigenvalue weighted by molar-refractivity contribution is -0.142. The van der Waals surface area contributed by atoms with Crippen LogP contribution in [0.2, 0.25) is 0 Å². The molecule has 2 rings (SSSR count). The third kappa shape index (κ3) is 3.33. The first-order chi connectivity index (χ1) is 9.82. The van der Waals surface area contributed by atoms with Crippen molar-refractivity contribution in [3.05, 3.63) is 18.3 Å². The number of hydrogen-bond donors (Lipinski definition) is 1. The molecular weight excluding hydrogens is 294 g/mol. The number of sulfonamides is 1. The van der Waals surface area contributed by atoms with Crippen LogP contribution < -0.4 is 4.90 Å². The van der Waals surface area contributed by atoms with E-state index >= 15 is 0 Å². The van der Waals surface area contributed by atoms with E-state index in [0.29, 0.717) is 31.7 Å². The van der Waals surface area contributed by atoms with Crippen molar-refractivity contribution < 1.29 is 18.3 Å². The normalized spacial score (nSPS) is 17.2. The Hall–Kier alpha value is -1.67. The van der Waals surface area contributed by atoms with Gasteiger partial charge in [0, 0.05) is 33.4 Å². The van der Waals surface area contributed by atoms with E-state index in [1.807, 2.05) is 4.90 Å². The summed E-state index contributed by atoms with van der Waals surface area (Å²) in [4.78, 5) is 17.2. The van der Waals surface area contributed by atoms with E-state index in [2.05, 4.69) is 4.98 Å². The van der Waals surface area contributed by atoms with Crippen LogP contribution in [0.3, 0.4) is 0 Å². The highest BCUT2D eigenvalue weighted by atomic mass is 32.2. The van der Waals surface area contributed by atoms with Gasteiger partial charge in [-0.3, -0.25) is 4.79 Å². The smallest absolute Gasteiger partial charge is 0.306 e. The molecular formula is C13H19N3O4S. The van der Waals surface area contributed by atoms with Gasteiger partial charge in [-0.2, -0.15) is 0 Å². The van der Waals surface area contributed by atoms with Crippen molar-refractivity contribution in [1.82, 2.24) is 9.29 Å². The van der Waals surface area contributed by atoms with Crippen LogP contribution in [0, 0.1) is 5.92 Å². The topological polar surface area (TPSA) is 90.8 Å². The highest BCUT2D eigenvalue weighted by Gasteiger charge is 2.25. The second-order valence-electron chi connectivity index (χ2n) is 5.24. The Balaban J connectivity index is 2.09. The molecule has 0 amide bonds. The molecule has 0 bridgehead atoms. The summed E-state index contributed by atoms with van der Waals surface area (Å²) in [5.41, 5.74) is 0. The van der Waals surface area contributed by atoms with E-state index in [1.165, 1.54) is 26.4 Å². The molecule has 0 radical (unpaired) electrons. The summed E-state index contributed by atoms with van der Waals surface area (Å²) >= 11 is 0. The molecule has 1 aromatic heterocycles. The van der Waals surface area contributed by atoms with Gasteiger partial charge in [0.15, 0.2) is 0 Å². The van der Waals surface area contributed by atoms with E-state index in [-0.39, 0.29) is 10.8 Å². The average Bonchev–Trinajstić information content (AvgIpc) is 2.47. The zero-order valence-electron chi connectivity index (χ0n) is 12.1. The Labute approximate surface area is 124 Å². The fourth-order valence-corrected chi connectivity index (χ4v) is 3.13. The van der Waals surface area contributed by atoms with Crippen LogP contribution in [0.4, 0.5) is 5.82 Å². The maximum Gasteiger partial charge on any atom is 0.306 e. The second-order valence-corrected chi connectivity index (χ2v) is 7.39. The predicted octanol–water partition coefficient (Wildman–Crippen LogP) is 0.633. The van der Waals surface area contributed by atoms with Crippen molar-refractivity contribution in [2.75, 3.05) is 32.1 Å². The van der Waals surface area contributed by atoms with Crippen LogP contribution in [0.5, 0.6) is 0 Å². The van der Waals surface area contributed by atoms with Crippen LogP contribution in [-0.4, -0.2) is 56.0 Å². The SMILES string of the molecule is CN(C)S(=O)(=O)c1ccc(N2CCC(C(=O)O)CC2)nc1. The summed E-state index contributed by atoms with van der Waals surface area (Å²) in [6.07, 6.45) is 2.50. The minimum Gasteiger partial charge on any atom is -0.481 e. The van der Waals surface area contributed by atoms with Gasteiger partial charge in [0.05, 0.1) is 5.92 Å². The lowest BCUT2D eigenvalue weighted by atomic mass is 9.97.